The Hall–Kier alpha value is -0.670. The van der Waals surface area contributed by atoms with Gasteiger partial charge in [0.25, 0.3) is 0 Å². The highest BCUT2D eigenvalue weighted by molar-refractivity contribution is 7.98. The van der Waals surface area contributed by atoms with E-state index in [0.717, 1.165) is 10.5 Å². The van der Waals surface area contributed by atoms with Crippen molar-refractivity contribution in [2.75, 3.05) is 12.9 Å². The van der Waals surface area contributed by atoms with Crippen LogP contribution in [0.5, 0.6) is 5.75 Å². The minimum Gasteiger partial charge on any atom is -0.508 e. The summed E-state index contributed by atoms with van der Waals surface area (Å²) < 4.78 is 0. The third kappa shape index (κ3) is 1.93. The molecule has 0 bridgehead atoms. The minimum absolute atomic E-state index is 0.0745. The highest BCUT2D eigenvalue weighted by atomic mass is 32.2. The van der Waals surface area contributed by atoms with Crippen LogP contribution in [0.1, 0.15) is 5.56 Å². The Bertz CT molecular complexity index is 261. The zero-order valence-electron chi connectivity index (χ0n) is 6.95. The lowest BCUT2D eigenvalue weighted by molar-refractivity contribution is 0.296. The summed E-state index contributed by atoms with van der Waals surface area (Å²) in [5, 5.41) is 18.2. The van der Waals surface area contributed by atoms with Crippen molar-refractivity contribution in [3.05, 3.63) is 23.8 Å². The van der Waals surface area contributed by atoms with Crippen molar-refractivity contribution in [2.45, 2.75) is 11.3 Å². The summed E-state index contributed by atoms with van der Waals surface area (Å²) in [6.07, 6.45) is 2.47. The third-order valence-electron chi connectivity index (χ3n) is 1.69. The first kappa shape index (κ1) is 9.42. The Morgan fingerprint density at radius 1 is 1.42 bits per heavy atom. The first-order chi connectivity index (χ1) is 5.79. The van der Waals surface area contributed by atoms with Crippen LogP contribution in [-0.2, 0) is 6.42 Å². The van der Waals surface area contributed by atoms with E-state index in [0.29, 0.717) is 6.42 Å². The molecular formula is C9H12O2S. The number of thioether (sulfide) groups is 1. The van der Waals surface area contributed by atoms with Crippen LogP contribution < -0.4 is 0 Å². The second-order valence-electron chi connectivity index (χ2n) is 2.43. The number of rotatable bonds is 3. The SMILES string of the molecule is CSc1cccc(O)c1CCO. The number of hydrogen-bond donors (Lipinski definition) is 2. The zero-order valence-corrected chi connectivity index (χ0v) is 7.77. The van der Waals surface area contributed by atoms with Crippen LogP contribution in [0.15, 0.2) is 23.1 Å². The largest absolute Gasteiger partial charge is 0.508 e. The monoisotopic (exact) mass is 184 g/mol. The van der Waals surface area contributed by atoms with Crippen molar-refractivity contribution in [3.8, 4) is 5.75 Å². The quantitative estimate of drug-likeness (QED) is 0.702. The van der Waals surface area contributed by atoms with E-state index in [1.807, 2.05) is 18.4 Å². The smallest absolute Gasteiger partial charge is 0.119 e. The lowest BCUT2D eigenvalue weighted by Gasteiger charge is -2.07. The van der Waals surface area contributed by atoms with Gasteiger partial charge in [-0.25, -0.2) is 0 Å². The van der Waals surface area contributed by atoms with Crippen molar-refractivity contribution in [1.29, 1.82) is 0 Å². The molecule has 0 saturated heterocycles. The summed E-state index contributed by atoms with van der Waals surface area (Å²) in [6, 6.07) is 5.39. The normalized spacial score (nSPS) is 10.2. The lowest BCUT2D eigenvalue weighted by atomic mass is 10.1. The van der Waals surface area contributed by atoms with Gasteiger partial charge in [-0.2, -0.15) is 0 Å². The summed E-state index contributed by atoms with van der Waals surface area (Å²) >= 11 is 1.58. The predicted octanol–water partition coefficient (Wildman–Crippen LogP) is 1.65. The molecule has 0 aliphatic rings. The van der Waals surface area contributed by atoms with E-state index in [2.05, 4.69) is 0 Å². The fourth-order valence-corrected chi connectivity index (χ4v) is 1.78. The average molecular weight is 184 g/mol. The van der Waals surface area contributed by atoms with Gasteiger partial charge in [-0.05, 0) is 18.4 Å². The molecule has 0 aromatic heterocycles. The van der Waals surface area contributed by atoms with E-state index < -0.39 is 0 Å². The molecular weight excluding hydrogens is 172 g/mol. The number of aromatic hydroxyl groups is 1. The van der Waals surface area contributed by atoms with Gasteiger partial charge >= 0.3 is 0 Å². The van der Waals surface area contributed by atoms with Crippen molar-refractivity contribution in [2.24, 2.45) is 0 Å². The van der Waals surface area contributed by atoms with Crippen molar-refractivity contribution >= 4 is 11.8 Å². The highest BCUT2D eigenvalue weighted by Crippen LogP contribution is 2.27. The molecule has 0 fully saturated rings. The number of benzene rings is 1. The average Bonchev–Trinajstić information content (AvgIpc) is 2.09. The van der Waals surface area contributed by atoms with Gasteiger partial charge in [-0.15, -0.1) is 11.8 Å². The zero-order chi connectivity index (χ0) is 8.97. The summed E-state index contributed by atoms with van der Waals surface area (Å²) in [4.78, 5) is 1.03. The highest BCUT2D eigenvalue weighted by Gasteiger charge is 2.05. The van der Waals surface area contributed by atoms with Crippen LogP contribution in [0.3, 0.4) is 0 Å². The Morgan fingerprint density at radius 2 is 2.17 bits per heavy atom. The molecule has 0 aliphatic heterocycles. The van der Waals surface area contributed by atoms with E-state index in [1.165, 1.54) is 0 Å². The van der Waals surface area contributed by atoms with Crippen LogP contribution in [-0.4, -0.2) is 23.1 Å². The van der Waals surface area contributed by atoms with Gasteiger partial charge in [-0.3, -0.25) is 0 Å². The molecule has 0 radical (unpaired) electrons. The maximum absolute atomic E-state index is 9.43. The molecule has 1 aromatic rings. The minimum atomic E-state index is 0.0745. The summed E-state index contributed by atoms with van der Waals surface area (Å²) in [5.74, 6) is 0.274. The first-order valence-electron chi connectivity index (χ1n) is 3.75. The Balaban J connectivity index is 3.02. The number of aliphatic hydroxyl groups is 1. The topological polar surface area (TPSA) is 40.5 Å². The molecule has 3 heteroatoms. The molecule has 0 aliphatic carbocycles. The predicted molar refractivity (Wildman–Crippen MR) is 50.7 cm³/mol. The maximum Gasteiger partial charge on any atom is 0.119 e. The van der Waals surface area contributed by atoms with E-state index in [-0.39, 0.29) is 12.4 Å². The number of phenolic OH excluding ortho intramolecular Hbond substituents is 1. The van der Waals surface area contributed by atoms with E-state index in [1.54, 1.807) is 17.8 Å². The van der Waals surface area contributed by atoms with Crippen LogP contribution in [0, 0.1) is 0 Å². The molecule has 1 aromatic carbocycles. The van der Waals surface area contributed by atoms with E-state index in [9.17, 15) is 5.11 Å². The number of phenols is 1. The first-order valence-corrected chi connectivity index (χ1v) is 4.97. The molecule has 12 heavy (non-hydrogen) atoms. The molecule has 2 N–H and O–H groups in total. The van der Waals surface area contributed by atoms with Gasteiger partial charge in [0.15, 0.2) is 0 Å². The van der Waals surface area contributed by atoms with E-state index in [4.69, 9.17) is 5.11 Å². The molecule has 1 rings (SSSR count). The van der Waals surface area contributed by atoms with Crippen LogP contribution in [0.2, 0.25) is 0 Å². The van der Waals surface area contributed by atoms with Gasteiger partial charge in [-0.1, -0.05) is 6.07 Å². The standard InChI is InChI=1S/C9H12O2S/c1-12-9-4-2-3-8(11)7(9)5-6-10/h2-4,10-11H,5-6H2,1H3. The fourth-order valence-electron chi connectivity index (χ4n) is 1.11. The van der Waals surface area contributed by atoms with Crippen molar-refractivity contribution in [1.82, 2.24) is 0 Å². The number of aliphatic hydroxyl groups excluding tert-OH is 1. The van der Waals surface area contributed by atoms with Gasteiger partial charge < -0.3 is 10.2 Å². The summed E-state index contributed by atoms with van der Waals surface area (Å²) in [6.45, 7) is 0.0745. The third-order valence-corrected chi connectivity index (χ3v) is 2.51. The molecule has 0 saturated carbocycles. The molecule has 66 valence electrons. The van der Waals surface area contributed by atoms with Crippen molar-refractivity contribution in [3.63, 3.8) is 0 Å². The number of hydrogen-bond acceptors (Lipinski definition) is 3. The van der Waals surface area contributed by atoms with Gasteiger partial charge in [0.1, 0.15) is 5.75 Å². The molecule has 0 spiro atoms. The fraction of sp³-hybridized carbons (Fsp3) is 0.333. The summed E-state index contributed by atoms with van der Waals surface area (Å²) in [5.41, 5.74) is 0.840. The molecule has 0 heterocycles. The molecule has 2 nitrogen and oxygen atoms in total. The van der Waals surface area contributed by atoms with Crippen molar-refractivity contribution < 1.29 is 10.2 Å². The van der Waals surface area contributed by atoms with Crippen LogP contribution in [0.4, 0.5) is 0 Å². The molecule has 0 atom stereocenters. The second-order valence-corrected chi connectivity index (χ2v) is 3.28. The summed E-state index contributed by atoms with van der Waals surface area (Å²) in [7, 11) is 0. The van der Waals surface area contributed by atoms with Crippen LogP contribution in [0.25, 0.3) is 0 Å². The van der Waals surface area contributed by atoms with Gasteiger partial charge in [0, 0.05) is 23.5 Å². The second kappa shape index (κ2) is 4.38. The van der Waals surface area contributed by atoms with Crippen LogP contribution >= 0.6 is 11.8 Å². The molecule has 0 amide bonds. The Labute approximate surface area is 76.2 Å². The van der Waals surface area contributed by atoms with E-state index >= 15 is 0 Å². The van der Waals surface area contributed by atoms with Gasteiger partial charge in [0.05, 0.1) is 0 Å². The molecule has 0 unspecified atom stereocenters. The lowest BCUT2D eigenvalue weighted by Crippen LogP contribution is -1.93. The Morgan fingerprint density at radius 3 is 2.75 bits per heavy atom. The maximum atomic E-state index is 9.43. The Kier molecular flexibility index (Phi) is 3.44. The van der Waals surface area contributed by atoms with Gasteiger partial charge in [0.2, 0.25) is 0 Å².